The van der Waals surface area contributed by atoms with Crippen LogP contribution in [0.2, 0.25) is 10.0 Å². The van der Waals surface area contributed by atoms with Crippen molar-refractivity contribution in [3.63, 3.8) is 0 Å². The highest BCUT2D eigenvalue weighted by Gasteiger charge is 2.47. The molecule has 1 amide bonds. The number of amides is 1. The number of Topliss-reactive ketones (excluding diaryl/α,β-unsaturated/α-hetero) is 1. The summed E-state index contributed by atoms with van der Waals surface area (Å²) in [5, 5.41) is 21.2. The van der Waals surface area contributed by atoms with E-state index in [9.17, 15) is 19.8 Å². The van der Waals surface area contributed by atoms with E-state index in [1.807, 2.05) is 19.1 Å². The fraction of sp³-hybridized carbons (Fsp3) is 0.120. The lowest BCUT2D eigenvalue weighted by atomic mass is 9.94. The third-order valence-electron chi connectivity index (χ3n) is 5.50. The standard InChI is InChI=1S/C25H19Cl2NO5/c1-13-5-3-4-6-19(13)28-21(14-7-9-16(29)10-8-14)20(23(31)25(28)32)22(30)15-11-17(26)24(33-2)18(27)12-15/h3-12,21,29-30H,1-2H3/b22-20+. The van der Waals surface area contributed by atoms with Crippen LogP contribution in [0.1, 0.15) is 22.7 Å². The minimum Gasteiger partial charge on any atom is -0.508 e. The molecule has 1 heterocycles. The Kier molecular flexibility index (Phi) is 6.06. The van der Waals surface area contributed by atoms with Gasteiger partial charge in [-0.2, -0.15) is 0 Å². The number of methoxy groups -OCH3 is 1. The van der Waals surface area contributed by atoms with Gasteiger partial charge in [-0.1, -0.05) is 53.5 Å². The fourth-order valence-electron chi connectivity index (χ4n) is 3.93. The number of halogens is 2. The minimum atomic E-state index is -0.939. The first-order valence-corrected chi connectivity index (χ1v) is 10.7. The molecule has 3 aromatic carbocycles. The van der Waals surface area contributed by atoms with Crippen LogP contribution >= 0.6 is 23.2 Å². The van der Waals surface area contributed by atoms with Gasteiger partial charge in [0.25, 0.3) is 11.7 Å². The number of phenols is 1. The highest BCUT2D eigenvalue weighted by Crippen LogP contribution is 2.44. The van der Waals surface area contributed by atoms with Gasteiger partial charge in [0.2, 0.25) is 0 Å². The molecule has 0 radical (unpaired) electrons. The maximum Gasteiger partial charge on any atom is 0.300 e. The number of rotatable bonds is 4. The van der Waals surface area contributed by atoms with E-state index < -0.39 is 23.5 Å². The Balaban J connectivity index is 1.98. The molecule has 8 heteroatoms. The number of aromatic hydroxyl groups is 1. The summed E-state index contributed by atoms with van der Waals surface area (Å²) in [6.45, 7) is 1.82. The third-order valence-corrected chi connectivity index (χ3v) is 6.07. The first-order valence-electron chi connectivity index (χ1n) is 9.93. The van der Waals surface area contributed by atoms with Crippen LogP contribution in [0.4, 0.5) is 5.69 Å². The van der Waals surface area contributed by atoms with Crippen molar-refractivity contribution in [3.05, 3.63) is 93.0 Å². The zero-order valence-electron chi connectivity index (χ0n) is 17.7. The number of carbonyl (C=O) groups excluding carboxylic acids is 2. The molecule has 1 fully saturated rings. The van der Waals surface area contributed by atoms with Crippen molar-refractivity contribution in [2.75, 3.05) is 12.0 Å². The molecule has 0 saturated carbocycles. The quantitative estimate of drug-likeness (QED) is 0.284. The molecular weight excluding hydrogens is 465 g/mol. The molecule has 3 aromatic rings. The molecule has 1 aliphatic heterocycles. The average Bonchev–Trinajstić information content (AvgIpc) is 3.04. The number of benzene rings is 3. The van der Waals surface area contributed by atoms with Crippen LogP contribution in [-0.2, 0) is 9.59 Å². The van der Waals surface area contributed by atoms with Crippen LogP contribution in [0.25, 0.3) is 5.76 Å². The van der Waals surface area contributed by atoms with Crippen molar-refractivity contribution < 1.29 is 24.5 Å². The van der Waals surface area contributed by atoms with Gasteiger partial charge in [-0.3, -0.25) is 14.5 Å². The van der Waals surface area contributed by atoms with Crippen LogP contribution < -0.4 is 9.64 Å². The van der Waals surface area contributed by atoms with Crippen molar-refractivity contribution in [2.45, 2.75) is 13.0 Å². The molecular formula is C25H19Cl2NO5. The number of para-hydroxylation sites is 1. The number of nitrogens with zero attached hydrogens (tertiary/aromatic N) is 1. The highest BCUT2D eigenvalue weighted by molar-refractivity contribution is 6.52. The van der Waals surface area contributed by atoms with Crippen LogP contribution in [0, 0.1) is 6.92 Å². The van der Waals surface area contributed by atoms with Gasteiger partial charge in [0.05, 0.1) is 28.8 Å². The Bertz CT molecular complexity index is 1280. The highest BCUT2D eigenvalue weighted by atomic mass is 35.5. The SMILES string of the molecule is COc1c(Cl)cc(/C(O)=C2\C(=O)C(=O)N(c3ccccc3C)C2c2ccc(O)cc2)cc1Cl. The van der Waals surface area contributed by atoms with E-state index in [1.54, 1.807) is 24.3 Å². The van der Waals surface area contributed by atoms with Crippen molar-refractivity contribution in [1.82, 2.24) is 0 Å². The predicted octanol–water partition coefficient (Wildman–Crippen LogP) is 5.64. The summed E-state index contributed by atoms with van der Waals surface area (Å²) >= 11 is 12.5. The van der Waals surface area contributed by atoms with Gasteiger partial charge in [-0.05, 0) is 48.4 Å². The Morgan fingerprint density at radius 1 is 1.00 bits per heavy atom. The van der Waals surface area contributed by atoms with E-state index in [2.05, 4.69) is 0 Å². The van der Waals surface area contributed by atoms with Gasteiger partial charge in [0.1, 0.15) is 11.5 Å². The minimum absolute atomic E-state index is 0.0281. The van der Waals surface area contributed by atoms with Gasteiger partial charge in [-0.15, -0.1) is 0 Å². The number of hydrogen-bond donors (Lipinski definition) is 2. The number of hydrogen-bond acceptors (Lipinski definition) is 5. The van der Waals surface area contributed by atoms with Crippen molar-refractivity contribution >= 4 is 46.3 Å². The summed E-state index contributed by atoms with van der Waals surface area (Å²) in [6, 6.07) is 15.1. The van der Waals surface area contributed by atoms with Gasteiger partial charge in [0.15, 0.2) is 5.75 Å². The smallest absolute Gasteiger partial charge is 0.300 e. The second-order valence-corrected chi connectivity index (χ2v) is 8.33. The second kappa shape index (κ2) is 8.81. The van der Waals surface area contributed by atoms with Crippen LogP contribution in [0.3, 0.4) is 0 Å². The van der Waals surface area contributed by atoms with E-state index in [0.29, 0.717) is 11.3 Å². The number of aliphatic hydroxyl groups excluding tert-OH is 1. The fourth-order valence-corrected chi connectivity index (χ4v) is 4.58. The van der Waals surface area contributed by atoms with Gasteiger partial charge >= 0.3 is 0 Å². The summed E-state index contributed by atoms with van der Waals surface area (Å²) in [4.78, 5) is 27.8. The first kappa shape index (κ1) is 22.7. The molecule has 1 saturated heterocycles. The van der Waals surface area contributed by atoms with Crippen molar-refractivity contribution in [2.24, 2.45) is 0 Å². The molecule has 0 aromatic heterocycles. The van der Waals surface area contributed by atoms with Crippen molar-refractivity contribution in [3.8, 4) is 11.5 Å². The lowest BCUT2D eigenvalue weighted by Gasteiger charge is -2.26. The summed E-state index contributed by atoms with van der Waals surface area (Å²) < 4.78 is 5.15. The monoisotopic (exact) mass is 483 g/mol. The Hall–Kier alpha value is -3.48. The number of ketones is 1. The molecule has 4 rings (SSSR count). The second-order valence-electron chi connectivity index (χ2n) is 7.52. The van der Waals surface area contributed by atoms with Gasteiger partial charge in [-0.25, -0.2) is 0 Å². The Labute approximate surface area is 200 Å². The molecule has 0 aliphatic carbocycles. The maximum atomic E-state index is 13.2. The molecule has 168 valence electrons. The predicted molar refractivity (Wildman–Crippen MR) is 127 cm³/mol. The number of anilines is 1. The molecule has 0 bridgehead atoms. The average molecular weight is 484 g/mol. The van der Waals surface area contributed by atoms with Gasteiger partial charge < -0.3 is 14.9 Å². The van der Waals surface area contributed by atoms with Crippen LogP contribution in [0.15, 0.2) is 66.2 Å². The first-order chi connectivity index (χ1) is 15.7. The number of ether oxygens (including phenoxy) is 1. The lowest BCUT2D eigenvalue weighted by Crippen LogP contribution is -2.30. The number of carbonyl (C=O) groups is 2. The molecule has 1 aliphatic rings. The number of aliphatic hydroxyl groups is 1. The van der Waals surface area contributed by atoms with E-state index in [1.165, 1.54) is 36.3 Å². The van der Waals surface area contributed by atoms with Crippen LogP contribution in [0.5, 0.6) is 11.5 Å². The normalized spacial score (nSPS) is 17.5. The summed E-state index contributed by atoms with van der Waals surface area (Å²) in [7, 11) is 1.41. The maximum absolute atomic E-state index is 13.2. The molecule has 1 atom stereocenters. The van der Waals surface area contributed by atoms with E-state index in [4.69, 9.17) is 27.9 Å². The third kappa shape index (κ3) is 3.92. The Morgan fingerprint density at radius 3 is 2.18 bits per heavy atom. The molecule has 2 N–H and O–H groups in total. The largest absolute Gasteiger partial charge is 0.508 e. The molecule has 33 heavy (non-hydrogen) atoms. The zero-order valence-corrected chi connectivity index (χ0v) is 19.2. The van der Waals surface area contributed by atoms with E-state index in [-0.39, 0.29) is 32.7 Å². The molecule has 0 spiro atoms. The molecule has 6 nitrogen and oxygen atoms in total. The van der Waals surface area contributed by atoms with Crippen LogP contribution in [-0.4, -0.2) is 29.0 Å². The number of phenolic OH excluding ortho intramolecular Hbond substituents is 1. The molecule has 1 unspecified atom stereocenters. The van der Waals surface area contributed by atoms with E-state index >= 15 is 0 Å². The van der Waals surface area contributed by atoms with Gasteiger partial charge in [0, 0.05) is 11.3 Å². The Morgan fingerprint density at radius 2 is 1.61 bits per heavy atom. The zero-order chi connectivity index (χ0) is 23.9. The summed E-state index contributed by atoms with van der Waals surface area (Å²) in [6.07, 6.45) is 0. The lowest BCUT2D eigenvalue weighted by molar-refractivity contribution is -0.132. The summed E-state index contributed by atoms with van der Waals surface area (Å²) in [5.74, 6) is -1.80. The number of aryl methyl sites for hydroxylation is 1. The summed E-state index contributed by atoms with van der Waals surface area (Å²) in [5.41, 5.74) is 1.88. The van der Waals surface area contributed by atoms with Crippen molar-refractivity contribution in [1.29, 1.82) is 0 Å². The topological polar surface area (TPSA) is 87.1 Å². The van der Waals surface area contributed by atoms with E-state index in [0.717, 1.165) is 5.56 Å².